The molecule has 118 valence electrons. The number of pyridine rings is 1. The molecule has 3 heterocycles. The number of nitrogens with two attached hydrogens (primary N) is 1. The van der Waals surface area contributed by atoms with Crippen LogP contribution in [0.1, 0.15) is 17.7 Å². The predicted octanol–water partition coefficient (Wildman–Crippen LogP) is 1.57. The number of nitrogens with zero attached hydrogens (tertiary/aromatic N) is 5. The van der Waals surface area contributed by atoms with E-state index in [0.717, 1.165) is 43.4 Å². The third-order valence-electron chi connectivity index (χ3n) is 3.93. The van der Waals surface area contributed by atoms with Gasteiger partial charge in [0.15, 0.2) is 0 Å². The summed E-state index contributed by atoms with van der Waals surface area (Å²) < 4.78 is 0. The van der Waals surface area contributed by atoms with Crippen molar-refractivity contribution in [1.29, 1.82) is 5.26 Å². The maximum atomic E-state index is 8.77. The van der Waals surface area contributed by atoms with Crippen molar-refractivity contribution >= 4 is 17.6 Å². The molecular weight excluding hydrogens is 290 g/mol. The van der Waals surface area contributed by atoms with Crippen LogP contribution >= 0.6 is 0 Å². The van der Waals surface area contributed by atoms with E-state index in [1.807, 2.05) is 19.1 Å². The van der Waals surface area contributed by atoms with Gasteiger partial charge in [-0.05, 0) is 31.4 Å². The molecule has 0 bridgehead atoms. The highest BCUT2D eigenvalue weighted by Crippen LogP contribution is 2.23. The second-order valence-electron chi connectivity index (χ2n) is 5.75. The molecule has 1 atom stereocenters. The maximum Gasteiger partial charge on any atom is 0.222 e. The lowest BCUT2D eigenvalue weighted by atomic mass is 10.1. The number of rotatable bonds is 4. The smallest absolute Gasteiger partial charge is 0.222 e. The predicted molar refractivity (Wildman–Crippen MR) is 88.9 cm³/mol. The van der Waals surface area contributed by atoms with Gasteiger partial charge in [0.05, 0.1) is 5.56 Å². The lowest BCUT2D eigenvalue weighted by Gasteiger charge is -2.18. The molecule has 0 amide bonds. The first-order valence-electron chi connectivity index (χ1n) is 7.60. The van der Waals surface area contributed by atoms with Crippen LogP contribution in [0.4, 0.5) is 17.6 Å². The molecule has 7 heteroatoms. The van der Waals surface area contributed by atoms with Crippen molar-refractivity contribution < 1.29 is 0 Å². The fraction of sp³-hybridized carbons (Fsp3) is 0.375. The van der Waals surface area contributed by atoms with Gasteiger partial charge in [-0.2, -0.15) is 10.2 Å². The van der Waals surface area contributed by atoms with Gasteiger partial charge in [0.1, 0.15) is 17.7 Å². The molecule has 0 unspecified atom stereocenters. The fourth-order valence-corrected chi connectivity index (χ4v) is 2.76. The van der Waals surface area contributed by atoms with Gasteiger partial charge in [-0.3, -0.25) is 0 Å². The Labute approximate surface area is 135 Å². The molecule has 1 fully saturated rings. The molecular formula is C16H19N7. The highest BCUT2D eigenvalue weighted by molar-refractivity contribution is 5.44. The SMILES string of the molecule is Cc1cc(N2CC[C@H](CNc3ccc(C#N)cn3)C2)nc(N)n1. The topological polar surface area (TPSA) is 104 Å². The molecule has 2 aromatic heterocycles. The second kappa shape index (κ2) is 6.48. The average Bonchev–Trinajstić information content (AvgIpc) is 3.01. The summed E-state index contributed by atoms with van der Waals surface area (Å²) in [5.41, 5.74) is 7.18. The van der Waals surface area contributed by atoms with Gasteiger partial charge >= 0.3 is 0 Å². The molecule has 23 heavy (non-hydrogen) atoms. The van der Waals surface area contributed by atoms with Gasteiger partial charge in [0.2, 0.25) is 5.95 Å². The zero-order chi connectivity index (χ0) is 16.2. The van der Waals surface area contributed by atoms with Gasteiger partial charge in [-0.25, -0.2) is 9.97 Å². The molecule has 1 saturated heterocycles. The van der Waals surface area contributed by atoms with E-state index < -0.39 is 0 Å². The van der Waals surface area contributed by atoms with Gasteiger partial charge in [0, 0.05) is 37.6 Å². The highest BCUT2D eigenvalue weighted by Gasteiger charge is 2.23. The molecule has 7 nitrogen and oxygen atoms in total. The Kier molecular flexibility index (Phi) is 4.24. The lowest BCUT2D eigenvalue weighted by Crippen LogP contribution is -2.24. The van der Waals surface area contributed by atoms with Crippen LogP contribution in [0.5, 0.6) is 0 Å². The Balaban J connectivity index is 1.56. The summed E-state index contributed by atoms with van der Waals surface area (Å²) in [5.74, 6) is 2.53. The monoisotopic (exact) mass is 309 g/mol. The van der Waals surface area contributed by atoms with E-state index in [1.165, 1.54) is 0 Å². The number of hydrogen-bond acceptors (Lipinski definition) is 7. The highest BCUT2D eigenvalue weighted by atomic mass is 15.2. The number of hydrogen-bond donors (Lipinski definition) is 2. The van der Waals surface area contributed by atoms with Gasteiger partial charge in [-0.1, -0.05) is 0 Å². The van der Waals surface area contributed by atoms with Crippen molar-refractivity contribution in [2.75, 3.05) is 35.6 Å². The molecule has 0 saturated carbocycles. The van der Waals surface area contributed by atoms with Gasteiger partial charge < -0.3 is 16.0 Å². The summed E-state index contributed by atoms with van der Waals surface area (Å²) in [4.78, 5) is 14.9. The normalized spacial score (nSPS) is 17.0. The Bertz CT molecular complexity index is 700. The van der Waals surface area contributed by atoms with E-state index in [-0.39, 0.29) is 0 Å². The Hall–Kier alpha value is -2.88. The van der Waals surface area contributed by atoms with Crippen LogP contribution in [0.2, 0.25) is 0 Å². The number of nitriles is 1. The summed E-state index contributed by atoms with van der Waals surface area (Å²) >= 11 is 0. The zero-order valence-corrected chi connectivity index (χ0v) is 13.0. The summed E-state index contributed by atoms with van der Waals surface area (Å²) in [5, 5.41) is 12.1. The molecule has 0 radical (unpaired) electrons. The number of nitrogen functional groups attached to an aromatic ring is 1. The first-order valence-corrected chi connectivity index (χ1v) is 7.60. The summed E-state index contributed by atoms with van der Waals surface area (Å²) in [6.07, 6.45) is 2.67. The molecule has 0 spiro atoms. The van der Waals surface area contributed by atoms with E-state index in [1.54, 1.807) is 12.3 Å². The van der Waals surface area contributed by atoms with Crippen molar-refractivity contribution in [1.82, 2.24) is 15.0 Å². The minimum atomic E-state index is 0.323. The minimum Gasteiger partial charge on any atom is -0.370 e. The maximum absolute atomic E-state index is 8.77. The third kappa shape index (κ3) is 3.66. The molecule has 0 aliphatic carbocycles. The van der Waals surface area contributed by atoms with E-state index in [9.17, 15) is 0 Å². The largest absolute Gasteiger partial charge is 0.370 e. The van der Waals surface area contributed by atoms with Crippen molar-refractivity contribution in [3.63, 3.8) is 0 Å². The quantitative estimate of drug-likeness (QED) is 0.883. The molecule has 3 rings (SSSR count). The number of nitrogens with one attached hydrogen (secondary N) is 1. The van der Waals surface area contributed by atoms with Gasteiger partial charge in [0.25, 0.3) is 0 Å². The fourth-order valence-electron chi connectivity index (χ4n) is 2.76. The minimum absolute atomic E-state index is 0.323. The number of aromatic nitrogens is 3. The first kappa shape index (κ1) is 15.0. The van der Waals surface area contributed by atoms with Crippen LogP contribution < -0.4 is 16.0 Å². The zero-order valence-electron chi connectivity index (χ0n) is 13.0. The molecule has 2 aromatic rings. The van der Waals surface area contributed by atoms with E-state index >= 15 is 0 Å². The van der Waals surface area contributed by atoms with Crippen LogP contribution in [-0.2, 0) is 0 Å². The van der Waals surface area contributed by atoms with Crippen LogP contribution in [-0.4, -0.2) is 34.6 Å². The van der Waals surface area contributed by atoms with E-state index in [2.05, 4.69) is 31.2 Å². The van der Waals surface area contributed by atoms with Crippen molar-refractivity contribution in [2.24, 2.45) is 5.92 Å². The Morgan fingerprint density at radius 1 is 1.43 bits per heavy atom. The molecule has 0 aromatic carbocycles. The summed E-state index contributed by atoms with van der Waals surface area (Å²) in [6.45, 7) is 4.66. The standard InChI is InChI=1S/C16H19N7/c1-11-6-15(22-16(18)21-11)23-5-4-13(10-23)9-20-14-3-2-12(7-17)8-19-14/h2-3,6,8,13H,4-5,9-10H2,1H3,(H,19,20)(H2,18,21,22)/t13-/m1/s1. The van der Waals surface area contributed by atoms with Gasteiger partial charge in [-0.15, -0.1) is 0 Å². The lowest BCUT2D eigenvalue weighted by molar-refractivity contribution is 0.621. The Morgan fingerprint density at radius 3 is 3.00 bits per heavy atom. The van der Waals surface area contributed by atoms with Crippen LogP contribution in [0, 0.1) is 24.2 Å². The van der Waals surface area contributed by atoms with Crippen molar-refractivity contribution in [2.45, 2.75) is 13.3 Å². The Morgan fingerprint density at radius 2 is 2.30 bits per heavy atom. The number of aryl methyl sites for hydroxylation is 1. The number of anilines is 3. The molecule has 3 N–H and O–H groups in total. The van der Waals surface area contributed by atoms with E-state index in [4.69, 9.17) is 11.0 Å². The third-order valence-corrected chi connectivity index (χ3v) is 3.93. The summed E-state index contributed by atoms with van der Waals surface area (Å²) in [7, 11) is 0. The molecule has 1 aliphatic heterocycles. The van der Waals surface area contributed by atoms with Crippen LogP contribution in [0.15, 0.2) is 24.4 Å². The van der Waals surface area contributed by atoms with Crippen LogP contribution in [0.3, 0.4) is 0 Å². The van der Waals surface area contributed by atoms with Crippen LogP contribution in [0.25, 0.3) is 0 Å². The average molecular weight is 309 g/mol. The van der Waals surface area contributed by atoms with Crippen molar-refractivity contribution in [3.8, 4) is 6.07 Å². The first-order chi connectivity index (χ1) is 11.1. The van der Waals surface area contributed by atoms with Crippen molar-refractivity contribution in [3.05, 3.63) is 35.7 Å². The summed E-state index contributed by atoms with van der Waals surface area (Å²) in [6, 6.07) is 7.63. The second-order valence-corrected chi connectivity index (χ2v) is 5.75. The van der Waals surface area contributed by atoms with E-state index in [0.29, 0.717) is 17.4 Å². The molecule has 1 aliphatic rings.